The number of hydrogen-bond acceptors (Lipinski definition) is 2. The monoisotopic (exact) mass is 350 g/mol. The summed E-state index contributed by atoms with van der Waals surface area (Å²) in [5.74, 6) is -0.0283. The quantitative estimate of drug-likeness (QED) is 0.707. The molecule has 0 spiro atoms. The van der Waals surface area contributed by atoms with Gasteiger partial charge >= 0.3 is 0 Å². The summed E-state index contributed by atoms with van der Waals surface area (Å²) in [4.78, 5) is 16.9. The Labute approximate surface area is 152 Å². The molecule has 0 saturated carbocycles. The van der Waals surface area contributed by atoms with Gasteiger partial charge in [-0.25, -0.2) is 0 Å². The van der Waals surface area contributed by atoms with Crippen LogP contribution >= 0.6 is 11.6 Å². The number of pyridine rings is 1. The van der Waals surface area contributed by atoms with Crippen molar-refractivity contribution in [2.24, 2.45) is 0 Å². The highest BCUT2D eigenvalue weighted by Crippen LogP contribution is 2.21. The molecule has 4 heteroatoms. The van der Waals surface area contributed by atoms with Crippen LogP contribution in [0.2, 0.25) is 5.02 Å². The van der Waals surface area contributed by atoms with Gasteiger partial charge in [-0.3, -0.25) is 9.78 Å². The molecular formula is C21H19ClN2O. The van der Waals surface area contributed by atoms with Crippen molar-refractivity contribution >= 4 is 17.5 Å². The summed E-state index contributed by atoms with van der Waals surface area (Å²) in [6, 6.07) is 22.9. The zero-order valence-electron chi connectivity index (χ0n) is 13.7. The molecule has 0 radical (unpaired) electrons. The summed E-state index contributed by atoms with van der Waals surface area (Å²) in [6.07, 6.45) is 2.72. The largest absolute Gasteiger partial charge is 0.344 e. The molecule has 2 aromatic carbocycles. The van der Waals surface area contributed by atoms with Gasteiger partial charge < -0.3 is 5.32 Å². The number of hydrogen-bond donors (Lipinski definition) is 1. The van der Waals surface area contributed by atoms with Crippen LogP contribution in [0.3, 0.4) is 0 Å². The molecular weight excluding hydrogens is 332 g/mol. The van der Waals surface area contributed by atoms with E-state index in [1.54, 1.807) is 6.20 Å². The SMILES string of the molecule is O=C(CCc1ccccc1Cl)NC(c1ccccc1)c1ccccn1. The van der Waals surface area contributed by atoms with E-state index in [4.69, 9.17) is 11.6 Å². The van der Waals surface area contributed by atoms with Gasteiger partial charge in [0, 0.05) is 17.6 Å². The smallest absolute Gasteiger partial charge is 0.221 e. The summed E-state index contributed by atoms with van der Waals surface area (Å²) < 4.78 is 0. The number of carbonyl (C=O) groups excluding carboxylic acids is 1. The first-order chi connectivity index (χ1) is 12.2. The second-order valence-corrected chi connectivity index (χ2v) is 6.16. The maximum Gasteiger partial charge on any atom is 0.221 e. The molecule has 0 bridgehead atoms. The van der Waals surface area contributed by atoms with Crippen molar-refractivity contribution in [3.8, 4) is 0 Å². The number of rotatable bonds is 6. The van der Waals surface area contributed by atoms with Gasteiger partial charge in [-0.2, -0.15) is 0 Å². The molecule has 0 aliphatic carbocycles. The van der Waals surface area contributed by atoms with Crippen LogP contribution in [0.15, 0.2) is 79.0 Å². The van der Waals surface area contributed by atoms with E-state index in [2.05, 4.69) is 10.3 Å². The summed E-state index contributed by atoms with van der Waals surface area (Å²) in [5.41, 5.74) is 2.81. The summed E-state index contributed by atoms with van der Waals surface area (Å²) in [5, 5.41) is 3.79. The zero-order valence-corrected chi connectivity index (χ0v) is 14.5. The molecule has 1 aromatic heterocycles. The van der Waals surface area contributed by atoms with Crippen molar-refractivity contribution < 1.29 is 4.79 Å². The summed E-state index contributed by atoms with van der Waals surface area (Å²) >= 11 is 6.16. The van der Waals surface area contributed by atoms with Crippen LogP contribution in [0, 0.1) is 0 Å². The molecule has 1 amide bonds. The van der Waals surface area contributed by atoms with Crippen LogP contribution in [0.25, 0.3) is 0 Å². The second-order valence-electron chi connectivity index (χ2n) is 5.76. The van der Waals surface area contributed by atoms with Gasteiger partial charge in [-0.05, 0) is 35.7 Å². The number of halogens is 1. The van der Waals surface area contributed by atoms with Crippen molar-refractivity contribution in [2.75, 3.05) is 0 Å². The number of amides is 1. The fourth-order valence-electron chi connectivity index (χ4n) is 2.70. The van der Waals surface area contributed by atoms with Crippen LogP contribution in [-0.4, -0.2) is 10.9 Å². The van der Waals surface area contributed by atoms with Crippen LogP contribution < -0.4 is 5.32 Å². The molecule has 1 atom stereocenters. The first-order valence-electron chi connectivity index (χ1n) is 8.22. The minimum absolute atomic E-state index is 0.0283. The molecule has 0 aliphatic heterocycles. The highest BCUT2D eigenvalue weighted by molar-refractivity contribution is 6.31. The van der Waals surface area contributed by atoms with Gasteiger partial charge in [0.25, 0.3) is 0 Å². The minimum Gasteiger partial charge on any atom is -0.344 e. The number of aromatic nitrogens is 1. The van der Waals surface area contributed by atoms with Gasteiger partial charge in [-0.15, -0.1) is 0 Å². The average molecular weight is 351 g/mol. The van der Waals surface area contributed by atoms with E-state index in [9.17, 15) is 4.79 Å². The number of nitrogens with one attached hydrogen (secondary N) is 1. The van der Waals surface area contributed by atoms with E-state index in [1.165, 1.54) is 0 Å². The van der Waals surface area contributed by atoms with E-state index in [0.29, 0.717) is 17.9 Å². The summed E-state index contributed by atoms with van der Waals surface area (Å²) in [6.45, 7) is 0. The fourth-order valence-corrected chi connectivity index (χ4v) is 2.93. The van der Waals surface area contributed by atoms with Crippen LogP contribution in [0.5, 0.6) is 0 Å². The normalized spacial score (nSPS) is 11.7. The van der Waals surface area contributed by atoms with E-state index in [1.807, 2.05) is 72.8 Å². The van der Waals surface area contributed by atoms with Gasteiger partial charge in [0.15, 0.2) is 0 Å². The first kappa shape index (κ1) is 17.2. The van der Waals surface area contributed by atoms with Crippen molar-refractivity contribution in [3.63, 3.8) is 0 Å². The van der Waals surface area contributed by atoms with Crippen molar-refractivity contribution in [2.45, 2.75) is 18.9 Å². The molecule has 3 rings (SSSR count). The van der Waals surface area contributed by atoms with Crippen molar-refractivity contribution in [3.05, 3.63) is 101 Å². The molecule has 1 N–H and O–H groups in total. The van der Waals surface area contributed by atoms with E-state index < -0.39 is 0 Å². The standard InChI is InChI=1S/C21H19ClN2O/c22-18-11-5-4-8-16(18)13-14-20(25)24-21(17-9-2-1-3-10-17)19-12-6-7-15-23-19/h1-12,15,21H,13-14H2,(H,24,25). The van der Waals surface area contributed by atoms with Crippen molar-refractivity contribution in [1.29, 1.82) is 0 Å². The molecule has 3 nitrogen and oxygen atoms in total. The Kier molecular flexibility index (Phi) is 5.81. The van der Waals surface area contributed by atoms with E-state index in [-0.39, 0.29) is 11.9 Å². The number of carbonyl (C=O) groups is 1. The molecule has 1 heterocycles. The molecule has 0 aliphatic rings. The molecule has 1 unspecified atom stereocenters. The number of nitrogens with zero attached hydrogens (tertiary/aromatic N) is 1. The van der Waals surface area contributed by atoms with Gasteiger partial charge in [0.05, 0.1) is 11.7 Å². The van der Waals surface area contributed by atoms with Crippen LogP contribution in [-0.2, 0) is 11.2 Å². The molecule has 126 valence electrons. The maximum atomic E-state index is 12.5. The average Bonchev–Trinajstić information content (AvgIpc) is 2.67. The molecule has 0 fully saturated rings. The van der Waals surface area contributed by atoms with Gasteiger partial charge in [0.2, 0.25) is 5.91 Å². The Bertz CT molecular complexity index is 782. The Morgan fingerprint density at radius 2 is 1.68 bits per heavy atom. The topological polar surface area (TPSA) is 42.0 Å². The lowest BCUT2D eigenvalue weighted by atomic mass is 10.0. The number of aryl methyl sites for hydroxylation is 1. The second kappa shape index (κ2) is 8.45. The maximum absolute atomic E-state index is 12.5. The van der Waals surface area contributed by atoms with Gasteiger partial charge in [-0.1, -0.05) is 66.2 Å². The van der Waals surface area contributed by atoms with Gasteiger partial charge in [0.1, 0.15) is 0 Å². The zero-order chi connectivity index (χ0) is 17.5. The van der Waals surface area contributed by atoms with Crippen LogP contribution in [0.4, 0.5) is 0 Å². The minimum atomic E-state index is -0.263. The third kappa shape index (κ3) is 4.68. The van der Waals surface area contributed by atoms with E-state index in [0.717, 1.165) is 16.8 Å². The lowest BCUT2D eigenvalue weighted by molar-refractivity contribution is -0.121. The molecule has 0 saturated heterocycles. The lowest BCUT2D eigenvalue weighted by Gasteiger charge is -2.19. The molecule has 25 heavy (non-hydrogen) atoms. The van der Waals surface area contributed by atoms with E-state index >= 15 is 0 Å². The van der Waals surface area contributed by atoms with Crippen molar-refractivity contribution in [1.82, 2.24) is 10.3 Å². The predicted molar refractivity (Wildman–Crippen MR) is 100 cm³/mol. The third-order valence-electron chi connectivity index (χ3n) is 4.00. The third-order valence-corrected chi connectivity index (χ3v) is 4.37. The Morgan fingerprint density at radius 1 is 0.960 bits per heavy atom. The Balaban J connectivity index is 1.72. The van der Waals surface area contributed by atoms with Crippen LogP contribution in [0.1, 0.15) is 29.3 Å². The Hall–Kier alpha value is -2.65. The molecule has 3 aromatic rings. The lowest BCUT2D eigenvalue weighted by Crippen LogP contribution is -2.30. The fraction of sp³-hybridized carbons (Fsp3) is 0.143. The first-order valence-corrected chi connectivity index (χ1v) is 8.60. The highest BCUT2D eigenvalue weighted by atomic mass is 35.5. The Morgan fingerprint density at radius 3 is 2.40 bits per heavy atom. The predicted octanol–water partition coefficient (Wildman–Crippen LogP) is 4.57. The number of benzene rings is 2. The summed E-state index contributed by atoms with van der Waals surface area (Å²) in [7, 11) is 0. The highest BCUT2D eigenvalue weighted by Gasteiger charge is 2.17.